The summed E-state index contributed by atoms with van der Waals surface area (Å²) in [4.78, 5) is 16.4. The summed E-state index contributed by atoms with van der Waals surface area (Å²) in [5, 5.41) is 13.8. The lowest BCUT2D eigenvalue weighted by atomic mass is 10.1. The molecular formula is C25H28N8O. The van der Waals surface area contributed by atoms with Crippen molar-refractivity contribution in [2.45, 2.75) is 0 Å². The number of ether oxygens (including phenoxy) is 1. The van der Waals surface area contributed by atoms with E-state index < -0.39 is 0 Å². The van der Waals surface area contributed by atoms with Gasteiger partial charge in [0.15, 0.2) is 0 Å². The smallest absolute Gasteiger partial charge is 0.227 e. The summed E-state index contributed by atoms with van der Waals surface area (Å²) in [6, 6.07) is 13.8. The van der Waals surface area contributed by atoms with Crippen LogP contribution in [0.5, 0.6) is 5.75 Å². The first kappa shape index (κ1) is 22.9. The van der Waals surface area contributed by atoms with E-state index in [1.807, 2.05) is 63.7 Å². The fourth-order valence-electron chi connectivity index (χ4n) is 3.77. The SMILES string of the molecule is COc1cc(N(C)CCN(C)C)c(N)cc1Nc1ncc(C#N)c(-c2c[nH]c3ccccc23)n1. The second-order valence-electron chi connectivity index (χ2n) is 8.28. The van der Waals surface area contributed by atoms with Gasteiger partial charge in [0.05, 0.1) is 41.6 Å². The number of nitrogens with two attached hydrogens (primary N) is 1. The Labute approximate surface area is 198 Å². The van der Waals surface area contributed by atoms with Gasteiger partial charge in [-0.2, -0.15) is 5.26 Å². The molecule has 0 aliphatic carbocycles. The van der Waals surface area contributed by atoms with Gasteiger partial charge in [-0.1, -0.05) is 18.2 Å². The number of fused-ring (bicyclic) bond motifs is 1. The maximum Gasteiger partial charge on any atom is 0.227 e. The fraction of sp³-hybridized carbons (Fsp3) is 0.240. The number of H-pyrrole nitrogens is 1. The molecule has 4 rings (SSSR count). The van der Waals surface area contributed by atoms with E-state index in [0.29, 0.717) is 34.3 Å². The van der Waals surface area contributed by atoms with Crippen molar-refractivity contribution in [2.24, 2.45) is 0 Å². The van der Waals surface area contributed by atoms with Gasteiger partial charge in [0.25, 0.3) is 0 Å². The molecule has 2 aromatic carbocycles. The third kappa shape index (κ3) is 4.58. The molecule has 2 aromatic heterocycles. The van der Waals surface area contributed by atoms with Crippen LogP contribution in [0.25, 0.3) is 22.2 Å². The Bertz CT molecular complexity index is 1360. The Balaban J connectivity index is 1.68. The number of nitrogens with zero attached hydrogens (tertiary/aromatic N) is 5. The molecule has 9 nitrogen and oxygen atoms in total. The number of hydrogen-bond donors (Lipinski definition) is 3. The van der Waals surface area contributed by atoms with Crippen LogP contribution in [0, 0.1) is 11.3 Å². The third-order valence-corrected chi connectivity index (χ3v) is 5.64. The summed E-state index contributed by atoms with van der Waals surface area (Å²) in [6.07, 6.45) is 3.38. The zero-order valence-corrected chi connectivity index (χ0v) is 19.8. The Morgan fingerprint density at radius 3 is 2.71 bits per heavy atom. The van der Waals surface area contributed by atoms with E-state index in [-0.39, 0.29) is 0 Å². The summed E-state index contributed by atoms with van der Waals surface area (Å²) < 4.78 is 5.63. The van der Waals surface area contributed by atoms with Crippen molar-refractivity contribution in [1.29, 1.82) is 5.26 Å². The first-order valence-electron chi connectivity index (χ1n) is 10.8. The van der Waals surface area contributed by atoms with Gasteiger partial charge in [0, 0.05) is 48.9 Å². The molecule has 0 atom stereocenters. The minimum absolute atomic E-state index is 0.339. The normalized spacial score (nSPS) is 10.9. The summed E-state index contributed by atoms with van der Waals surface area (Å²) in [7, 11) is 7.68. The minimum Gasteiger partial charge on any atom is -0.494 e. The first-order valence-corrected chi connectivity index (χ1v) is 10.8. The van der Waals surface area contributed by atoms with Crippen LogP contribution in [0.3, 0.4) is 0 Å². The number of nitrogens with one attached hydrogen (secondary N) is 2. The highest BCUT2D eigenvalue weighted by Gasteiger charge is 2.16. The molecule has 2 heterocycles. The molecule has 0 saturated carbocycles. The molecule has 9 heteroatoms. The van der Waals surface area contributed by atoms with Gasteiger partial charge < -0.3 is 30.6 Å². The van der Waals surface area contributed by atoms with E-state index in [9.17, 15) is 5.26 Å². The Morgan fingerprint density at radius 2 is 1.97 bits per heavy atom. The van der Waals surface area contributed by atoms with Gasteiger partial charge in [0.1, 0.15) is 11.8 Å². The lowest BCUT2D eigenvalue weighted by Crippen LogP contribution is -2.29. The molecule has 0 amide bonds. The maximum atomic E-state index is 9.64. The minimum atomic E-state index is 0.339. The van der Waals surface area contributed by atoms with E-state index in [4.69, 9.17) is 10.5 Å². The van der Waals surface area contributed by atoms with Crippen molar-refractivity contribution >= 4 is 33.9 Å². The Morgan fingerprint density at radius 1 is 1.18 bits per heavy atom. The van der Waals surface area contributed by atoms with Gasteiger partial charge >= 0.3 is 0 Å². The largest absolute Gasteiger partial charge is 0.494 e. The molecule has 0 radical (unpaired) electrons. The molecule has 0 spiro atoms. The molecular weight excluding hydrogens is 428 g/mol. The van der Waals surface area contributed by atoms with Crippen LogP contribution < -0.4 is 20.7 Å². The molecule has 0 bridgehead atoms. The fourth-order valence-corrected chi connectivity index (χ4v) is 3.77. The molecule has 4 aromatic rings. The maximum absolute atomic E-state index is 9.64. The zero-order chi connectivity index (χ0) is 24.2. The number of para-hydroxylation sites is 1. The van der Waals surface area contributed by atoms with Crippen LogP contribution in [0.15, 0.2) is 48.8 Å². The lowest BCUT2D eigenvalue weighted by molar-refractivity contribution is 0.413. The summed E-state index contributed by atoms with van der Waals surface area (Å²) in [5.74, 6) is 0.952. The zero-order valence-electron chi connectivity index (χ0n) is 19.8. The highest BCUT2D eigenvalue weighted by atomic mass is 16.5. The predicted octanol–water partition coefficient (Wildman–Crippen LogP) is 3.83. The van der Waals surface area contributed by atoms with Crippen molar-refractivity contribution < 1.29 is 4.74 Å². The number of nitrogen functional groups attached to an aromatic ring is 1. The highest BCUT2D eigenvalue weighted by molar-refractivity contribution is 5.95. The van der Waals surface area contributed by atoms with E-state index in [0.717, 1.165) is 35.2 Å². The molecule has 34 heavy (non-hydrogen) atoms. The topological polar surface area (TPSA) is 119 Å². The number of aromatic amines is 1. The molecule has 0 aliphatic heterocycles. The first-order chi connectivity index (χ1) is 16.4. The van der Waals surface area contributed by atoms with Crippen LogP contribution in [0.2, 0.25) is 0 Å². The summed E-state index contributed by atoms with van der Waals surface area (Å²) in [6.45, 7) is 1.72. The van der Waals surface area contributed by atoms with E-state index in [1.54, 1.807) is 7.11 Å². The summed E-state index contributed by atoms with van der Waals surface area (Å²) in [5.41, 5.74) is 11.2. The van der Waals surface area contributed by atoms with Crippen LogP contribution >= 0.6 is 0 Å². The number of anilines is 4. The standard InChI is InChI=1S/C25H28N8O/c1-32(2)9-10-33(3)22-12-23(34-4)21(11-19(22)27)30-25-29-14-16(13-26)24(31-25)18-15-28-20-8-6-5-7-17(18)20/h5-8,11-12,14-15,28H,9-10,27H2,1-4H3,(H,29,30,31). The number of aromatic nitrogens is 3. The average molecular weight is 457 g/mol. The third-order valence-electron chi connectivity index (χ3n) is 5.64. The van der Waals surface area contributed by atoms with Gasteiger partial charge in [-0.15, -0.1) is 0 Å². The van der Waals surface area contributed by atoms with Crippen LogP contribution in [0.4, 0.5) is 23.0 Å². The van der Waals surface area contributed by atoms with Gasteiger partial charge in [-0.25, -0.2) is 9.97 Å². The van der Waals surface area contributed by atoms with Gasteiger partial charge in [-0.05, 0) is 26.2 Å². The summed E-state index contributed by atoms with van der Waals surface area (Å²) >= 11 is 0. The number of benzene rings is 2. The number of hydrogen-bond acceptors (Lipinski definition) is 8. The van der Waals surface area contributed by atoms with Crippen LogP contribution in [0.1, 0.15) is 5.56 Å². The number of rotatable bonds is 8. The van der Waals surface area contributed by atoms with Crippen molar-refractivity contribution in [2.75, 3.05) is 57.3 Å². The van der Waals surface area contributed by atoms with E-state index in [2.05, 4.69) is 36.1 Å². The molecule has 174 valence electrons. The second kappa shape index (κ2) is 9.68. The number of methoxy groups -OCH3 is 1. The highest BCUT2D eigenvalue weighted by Crippen LogP contribution is 2.37. The van der Waals surface area contributed by atoms with Crippen molar-refractivity contribution in [3.8, 4) is 23.1 Å². The second-order valence-corrected chi connectivity index (χ2v) is 8.28. The van der Waals surface area contributed by atoms with Gasteiger partial charge in [0.2, 0.25) is 5.95 Å². The van der Waals surface area contributed by atoms with Crippen LogP contribution in [-0.2, 0) is 0 Å². The Hall–Kier alpha value is -4.29. The molecule has 4 N–H and O–H groups in total. The molecule has 0 saturated heterocycles. The van der Waals surface area contributed by atoms with E-state index >= 15 is 0 Å². The van der Waals surface area contributed by atoms with Crippen molar-refractivity contribution in [3.63, 3.8) is 0 Å². The van der Waals surface area contributed by atoms with Crippen molar-refractivity contribution in [3.05, 3.63) is 54.4 Å². The monoisotopic (exact) mass is 456 g/mol. The van der Waals surface area contributed by atoms with Crippen LogP contribution in [-0.4, -0.2) is 61.2 Å². The average Bonchev–Trinajstić information content (AvgIpc) is 3.26. The molecule has 0 fully saturated rings. The lowest BCUT2D eigenvalue weighted by Gasteiger charge is -2.24. The van der Waals surface area contributed by atoms with Gasteiger partial charge in [-0.3, -0.25) is 0 Å². The number of likely N-dealkylation sites (N-methyl/N-ethyl adjacent to an activating group) is 2. The van der Waals surface area contributed by atoms with Crippen molar-refractivity contribution in [1.82, 2.24) is 19.9 Å². The quantitative estimate of drug-likeness (QED) is 0.342. The predicted molar refractivity (Wildman–Crippen MR) is 137 cm³/mol. The van der Waals surface area contributed by atoms with E-state index in [1.165, 1.54) is 6.20 Å². The molecule has 0 unspecified atom stereocenters. The number of nitriles is 1. The Kier molecular flexibility index (Phi) is 6.52. The molecule has 0 aliphatic rings.